The monoisotopic (exact) mass is 226 g/mol. The van der Waals surface area contributed by atoms with E-state index >= 15 is 0 Å². The van der Waals surface area contributed by atoms with Gasteiger partial charge < -0.3 is 10.1 Å². The lowest BCUT2D eigenvalue weighted by molar-refractivity contribution is -0.0473. The quantitative estimate of drug-likeness (QED) is 0.772. The summed E-state index contributed by atoms with van der Waals surface area (Å²) in [4.78, 5) is 2.68. The van der Waals surface area contributed by atoms with Gasteiger partial charge in [-0.3, -0.25) is 4.90 Å². The van der Waals surface area contributed by atoms with Gasteiger partial charge in [0.25, 0.3) is 0 Å². The van der Waals surface area contributed by atoms with Crippen molar-refractivity contribution in [1.29, 1.82) is 0 Å². The molecule has 0 radical (unpaired) electrons. The number of hydrogen-bond donors (Lipinski definition) is 1. The van der Waals surface area contributed by atoms with Gasteiger partial charge in [0.1, 0.15) is 0 Å². The minimum absolute atomic E-state index is 0.481. The van der Waals surface area contributed by atoms with Crippen molar-refractivity contribution in [1.82, 2.24) is 10.2 Å². The molecule has 2 saturated heterocycles. The van der Waals surface area contributed by atoms with Crippen LogP contribution in [0.15, 0.2) is 0 Å². The summed E-state index contributed by atoms with van der Waals surface area (Å²) in [5.41, 5.74) is 0. The van der Waals surface area contributed by atoms with Gasteiger partial charge >= 0.3 is 0 Å². The van der Waals surface area contributed by atoms with E-state index in [0.717, 1.165) is 19.2 Å². The Morgan fingerprint density at radius 3 is 2.94 bits per heavy atom. The second-order valence-electron chi connectivity index (χ2n) is 5.47. The van der Waals surface area contributed by atoms with Crippen LogP contribution in [0.25, 0.3) is 0 Å². The Balaban J connectivity index is 1.87. The molecule has 0 aromatic heterocycles. The second kappa shape index (κ2) is 5.99. The van der Waals surface area contributed by atoms with Gasteiger partial charge in [0.05, 0.1) is 6.10 Å². The Labute approximate surface area is 99.5 Å². The Morgan fingerprint density at radius 2 is 2.12 bits per heavy atom. The lowest BCUT2D eigenvalue weighted by Gasteiger charge is -2.38. The van der Waals surface area contributed by atoms with Crippen molar-refractivity contribution >= 4 is 0 Å². The van der Waals surface area contributed by atoms with Gasteiger partial charge in [-0.25, -0.2) is 0 Å². The van der Waals surface area contributed by atoms with Crippen LogP contribution in [0.5, 0.6) is 0 Å². The minimum Gasteiger partial charge on any atom is -0.378 e. The predicted octanol–water partition coefficient (Wildman–Crippen LogP) is 1.49. The van der Waals surface area contributed by atoms with Crippen LogP contribution in [-0.4, -0.2) is 49.8 Å². The minimum atomic E-state index is 0.481. The molecule has 0 aromatic rings. The number of nitrogens with one attached hydrogen (secondary N) is 1. The van der Waals surface area contributed by atoms with E-state index in [1.807, 2.05) is 0 Å². The Hall–Kier alpha value is -0.120. The third-order valence-electron chi connectivity index (χ3n) is 3.92. The highest BCUT2D eigenvalue weighted by molar-refractivity contribution is 4.82. The summed E-state index contributed by atoms with van der Waals surface area (Å²) in [7, 11) is 0. The first-order valence-electron chi connectivity index (χ1n) is 6.83. The van der Waals surface area contributed by atoms with E-state index in [-0.39, 0.29) is 0 Å². The molecular weight excluding hydrogens is 200 g/mol. The molecule has 0 amide bonds. The lowest BCUT2D eigenvalue weighted by atomic mass is 9.94. The first kappa shape index (κ1) is 12.3. The number of nitrogens with zero attached hydrogens (tertiary/aromatic N) is 1. The predicted molar refractivity (Wildman–Crippen MR) is 66.7 cm³/mol. The third kappa shape index (κ3) is 3.19. The van der Waals surface area contributed by atoms with Crippen molar-refractivity contribution < 1.29 is 4.74 Å². The van der Waals surface area contributed by atoms with Crippen LogP contribution in [0.4, 0.5) is 0 Å². The molecule has 3 heteroatoms. The number of hydrogen-bond acceptors (Lipinski definition) is 3. The standard InChI is InChI=1S/C13H26N2O/c1-11(2)13-10-12(4-9-16-13)15-7-3-5-14-6-8-15/h11-14H,3-10H2,1-2H3. The normalized spacial score (nSPS) is 33.9. The van der Waals surface area contributed by atoms with Crippen LogP contribution >= 0.6 is 0 Å². The van der Waals surface area contributed by atoms with Gasteiger partial charge in [-0.05, 0) is 38.3 Å². The van der Waals surface area contributed by atoms with Gasteiger partial charge in [-0.15, -0.1) is 0 Å². The molecule has 2 rings (SSSR count). The molecule has 2 unspecified atom stereocenters. The second-order valence-corrected chi connectivity index (χ2v) is 5.47. The highest BCUT2D eigenvalue weighted by Gasteiger charge is 2.28. The Kier molecular flexibility index (Phi) is 4.62. The summed E-state index contributed by atoms with van der Waals surface area (Å²) in [5, 5.41) is 3.48. The van der Waals surface area contributed by atoms with E-state index in [1.165, 1.54) is 38.9 Å². The van der Waals surface area contributed by atoms with E-state index in [1.54, 1.807) is 0 Å². The zero-order valence-corrected chi connectivity index (χ0v) is 10.7. The molecule has 2 aliphatic heterocycles. The van der Waals surface area contributed by atoms with Crippen LogP contribution in [0, 0.1) is 5.92 Å². The fourth-order valence-electron chi connectivity index (χ4n) is 2.84. The first-order valence-corrected chi connectivity index (χ1v) is 6.83. The first-order chi connectivity index (χ1) is 7.77. The third-order valence-corrected chi connectivity index (χ3v) is 3.92. The molecule has 94 valence electrons. The molecule has 2 aliphatic rings. The number of ether oxygens (including phenoxy) is 1. The molecular formula is C13H26N2O. The van der Waals surface area contributed by atoms with Crippen molar-refractivity contribution in [3.8, 4) is 0 Å². The summed E-state index contributed by atoms with van der Waals surface area (Å²) in [6.07, 6.45) is 4.24. The van der Waals surface area contributed by atoms with Crippen molar-refractivity contribution in [2.75, 3.05) is 32.8 Å². The maximum atomic E-state index is 5.85. The van der Waals surface area contributed by atoms with E-state index < -0.39 is 0 Å². The molecule has 0 saturated carbocycles. The lowest BCUT2D eigenvalue weighted by Crippen LogP contribution is -2.45. The van der Waals surface area contributed by atoms with Gasteiger partial charge in [0, 0.05) is 25.7 Å². The van der Waals surface area contributed by atoms with Crippen molar-refractivity contribution in [3.63, 3.8) is 0 Å². The van der Waals surface area contributed by atoms with E-state index in [0.29, 0.717) is 12.0 Å². The molecule has 2 heterocycles. The van der Waals surface area contributed by atoms with Crippen LogP contribution in [0.1, 0.15) is 33.1 Å². The molecule has 0 aromatic carbocycles. The summed E-state index contributed by atoms with van der Waals surface area (Å²) in [5.74, 6) is 0.660. The number of rotatable bonds is 2. The van der Waals surface area contributed by atoms with Gasteiger partial charge in [0.15, 0.2) is 0 Å². The molecule has 3 nitrogen and oxygen atoms in total. The molecule has 0 bridgehead atoms. The SMILES string of the molecule is CC(C)C1CC(N2CCCNCC2)CCO1. The average molecular weight is 226 g/mol. The molecule has 0 aliphatic carbocycles. The Morgan fingerprint density at radius 1 is 1.25 bits per heavy atom. The summed E-state index contributed by atoms with van der Waals surface area (Å²) >= 11 is 0. The van der Waals surface area contributed by atoms with E-state index in [2.05, 4.69) is 24.1 Å². The largest absolute Gasteiger partial charge is 0.378 e. The fourth-order valence-corrected chi connectivity index (χ4v) is 2.84. The molecule has 1 N–H and O–H groups in total. The van der Waals surface area contributed by atoms with Gasteiger partial charge in [-0.1, -0.05) is 13.8 Å². The fraction of sp³-hybridized carbons (Fsp3) is 1.00. The Bertz CT molecular complexity index is 200. The average Bonchev–Trinajstić information content (AvgIpc) is 2.57. The smallest absolute Gasteiger partial charge is 0.0612 e. The molecule has 2 fully saturated rings. The van der Waals surface area contributed by atoms with E-state index in [4.69, 9.17) is 4.74 Å². The summed E-state index contributed by atoms with van der Waals surface area (Å²) in [6.45, 7) is 10.3. The maximum Gasteiger partial charge on any atom is 0.0612 e. The van der Waals surface area contributed by atoms with Crippen molar-refractivity contribution in [2.24, 2.45) is 5.92 Å². The van der Waals surface area contributed by atoms with Crippen LogP contribution in [-0.2, 0) is 4.74 Å². The summed E-state index contributed by atoms with van der Waals surface area (Å²) < 4.78 is 5.85. The molecule has 2 atom stereocenters. The van der Waals surface area contributed by atoms with Gasteiger partial charge in [-0.2, -0.15) is 0 Å². The summed E-state index contributed by atoms with van der Waals surface area (Å²) in [6, 6.07) is 0.765. The molecule has 0 spiro atoms. The maximum absolute atomic E-state index is 5.85. The molecule has 16 heavy (non-hydrogen) atoms. The zero-order chi connectivity index (χ0) is 11.4. The van der Waals surface area contributed by atoms with Gasteiger partial charge in [0.2, 0.25) is 0 Å². The van der Waals surface area contributed by atoms with Crippen molar-refractivity contribution in [2.45, 2.75) is 45.3 Å². The van der Waals surface area contributed by atoms with E-state index in [9.17, 15) is 0 Å². The van der Waals surface area contributed by atoms with Crippen LogP contribution < -0.4 is 5.32 Å². The van der Waals surface area contributed by atoms with Crippen LogP contribution in [0.3, 0.4) is 0 Å². The topological polar surface area (TPSA) is 24.5 Å². The highest BCUT2D eigenvalue weighted by atomic mass is 16.5. The van der Waals surface area contributed by atoms with Crippen molar-refractivity contribution in [3.05, 3.63) is 0 Å². The zero-order valence-electron chi connectivity index (χ0n) is 10.7. The highest BCUT2D eigenvalue weighted by Crippen LogP contribution is 2.24. The van der Waals surface area contributed by atoms with Crippen LogP contribution in [0.2, 0.25) is 0 Å².